The Kier molecular flexibility index (Phi) is 9.91. The Balaban J connectivity index is 1.39. The zero-order chi connectivity index (χ0) is 31.0. The summed E-state index contributed by atoms with van der Waals surface area (Å²) >= 11 is 0. The Hall–Kier alpha value is -5.00. The molecule has 1 aromatic heterocycles. The van der Waals surface area contributed by atoms with Crippen LogP contribution in [0.1, 0.15) is 36.9 Å². The molecule has 0 radical (unpaired) electrons. The van der Waals surface area contributed by atoms with E-state index in [1.807, 2.05) is 24.3 Å². The van der Waals surface area contributed by atoms with Crippen molar-refractivity contribution in [1.82, 2.24) is 10.3 Å². The van der Waals surface area contributed by atoms with Gasteiger partial charge in [0.1, 0.15) is 11.5 Å². The normalized spacial score (nSPS) is 11.9. The van der Waals surface area contributed by atoms with Crippen molar-refractivity contribution in [3.8, 4) is 11.5 Å². The number of benzene rings is 3. The number of H-pyrrole nitrogens is 1. The minimum Gasteiger partial charge on any atom is -0.496 e. The van der Waals surface area contributed by atoms with Crippen LogP contribution in [0.4, 0.5) is 24.5 Å². The van der Waals surface area contributed by atoms with Crippen molar-refractivity contribution in [1.29, 1.82) is 0 Å². The van der Waals surface area contributed by atoms with Crippen LogP contribution in [0.3, 0.4) is 0 Å². The maximum atomic E-state index is 13.1. The summed E-state index contributed by atoms with van der Waals surface area (Å²) in [6.07, 6.45) is -2.12. The van der Waals surface area contributed by atoms with Crippen LogP contribution < -0.4 is 31.0 Å². The molecule has 0 aliphatic rings. The van der Waals surface area contributed by atoms with E-state index < -0.39 is 24.1 Å². The fraction of sp³-hybridized carbons (Fsp3) is 0.258. The van der Waals surface area contributed by atoms with Crippen LogP contribution in [-0.2, 0) is 16.0 Å². The predicted molar refractivity (Wildman–Crippen MR) is 157 cm³/mol. The highest BCUT2D eigenvalue weighted by Gasteiger charge is 2.33. The van der Waals surface area contributed by atoms with Crippen molar-refractivity contribution >= 4 is 34.0 Å². The van der Waals surface area contributed by atoms with Gasteiger partial charge in [-0.25, -0.2) is 0 Å². The van der Waals surface area contributed by atoms with E-state index in [0.29, 0.717) is 23.9 Å². The predicted octanol–water partition coefficient (Wildman–Crippen LogP) is 5.69. The summed E-state index contributed by atoms with van der Waals surface area (Å²) in [4.78, 5) is 39.9. The molecule has 9 nitrogen and oxygen atoms in total. The van der Waals surface area contributed by atoms with E-state index in [0.717, 1.165) is 22.8 Å². The summed E-state index contributed by atoms with van der Waals surface area (Å²) in [5, 5.41) is 9.42. The van der Waals surface area contributed by atoms with Gasteiger partial charge in [0, 0.05) is 34.9 Å². The van der Waals surface area contributed by atoms with Crippen molar-refractivity contribution in [3.05, 3.63) is 94.4 Å². The smallest absolute Gasteiger partial charge is 0.496 e. The van der Waals surface area contributed by atoms with E-state index in [1.165, 1.54) is 25.3 Å². The molecule has 4 N–H and O–H groups in total. The minimum atomic E-state index is -4.96. The second-order valence-electron chi connectivity index (χ2n) is 9.77. The van der Waals surface area contributed by atoms with Crippen LogP contribution in [0.15, 0.2) is 77.7 Å². The highest BCUT2D eigenvalue weighted by atomic mass is 19.4. The summed E-state index contributed by atoms with van der Waals surface area (Å²) in [7, 11) is 1.57. The third kappa shape index (κ3) is 8.74. The number of para-hydroxylation sites is 1. The summed E-state index contributed by atoms with van der Waals surface area (Å²) in [6.45, 7) is 1.30. The van der Waals surface area contributed by atoms with Gasteiger partial charge in [0.05, 0.1) is 19.7 Å². The molecule has 0 fully saturated rings. The molecule has 0 saturated carbocycles. The number of hydrogen-bond donors (Lipinski definition) is 4. The monoisotopic (exact) mass is 596 g/mol. The molecule has 0 aliphatic heterocycles. The summed E-state index contributed by atoms with van der Waals surface area (Å²) in [5.74, 6) is -0.610. The van der Waals surface area contributed by atoms with Crippen LogP contribution in [0.2, 0.25) is 0 Å². The lowest BCUT2D eigenvalue weighted by Crippen LogP contribution is -2.32. The highest BCUT2D eigenvalue weighted by molar-refractivity contribution is 5.91. The van der Waals surface area contributed by atoms with E-state index in [4.69, 9.17) is 4.74 Å². The number of nitrogens with one attached hydrogen (secondary N) is 4. The van der Waals surface area contributed by atoms with Crippen LogP contribution in [0.25, 0.3) is 10.8 Å². The van der Waals surface area contributed by atoms with Crippen molar-refractivity contribution in [2.75, 3.05) is 24.3 Å². The zero-order valence-electron chi connectivity index (χ0n) is 23.5. The number of pyridine rings is 1. The Morgan fingerprint density at radius 2 is 1.72 bits per heavy atom. The number of fused-ring (bicyclic) bond motifs is 1. The zero-order valence-corrected chi connectivity index (χ0v) is 23.5. The molecular weight excluding hydrogens is 565 g/mol. The number of carbonyl (C=O) groups is 2. The summed E-state index contributed by atoms with van der Waals surface area (Å²) in [5.41, 5.74) is 1.48. The van der Waals surface area contributed by atoms with Gasteiger partial charge in [0.25, 0.3) is 5.56 Å². The van der Waals surface area contributed by atoms with Crippen LogP contribution in [0.5, 0.6) is 11.5 Å². The fourth-order valence-corrected chi connectivity index (χ4v) is 4.60. The molecule has 4 aromatic rings. The van der Waals surface area contributed by atoms with Gasteiger partial charge in [0.15, 0.2) is 0 Å². The molecular formula is C31H31F3N4O5. The molecule has 43 heavy (non-hydrogen) atoms. The van der Waals surface area contributed by atoms with E-state index >= 15 is 0 Å². The van der Waals surface area contributed by atoms with Crippen molar-refractivity contribution in [2.24, 2.45) is 0 Å². The Labute approximate surface area is 245 Å². The molecule has 0 bridgehead atoms. The fourth-order valence-electron chi connectivity index (χ4n) is 4.60. The number of rotatable bonds is 12. The van der Waals surface area contributed by atoms with Gasteiger partial charge in [-0.05, 0) is 73.2 Å². The lowest BCUT2D eigenvalue weighted by atomic mass is 10.1. The average molecular weight is 597 g/mol. The number of anilines is 2. The number of alkyl halides is 3. The van der Waals surface area contributed by atoms with Crippen molar-refractivity contribution in [2.45, 2.75) is 38.6 Å². The largest absolute Gasteiger partial charge is 0.573 e. The number of ether oxygens (including phenoxy) is 2. The molecule has 0 unspecified atom stereocenters. The van der Waals surface area contributed by atoms with Gasteiger partial charge in [-0.1, -0.05) is 24.3 Å². The standard InChI is InChI=1S/C31H31F3N4O5/c1-19(37-29(40)18-36-22-11-10-20-14-15-35-30(41)25(20)16-22)24-17-23(12-13-27(24)43-31(32,33)34)38-28(39)9-5-7-21-6-3-4-8-26(21)42-2/h3-4,6,8,10-17,19,36H,5,7,9,18H2,1-2H3,(H,35,41)(H,37,40)(H,38,39)/t19-/m1/s1. The summed E-state index contributed by atoms with van der Waals surface area (Å²) in [6, 6.07) is 17.1. The average Bonchev–Trinajstić information content (AvgIpc) is 2.96. The van der Waals surface area contributed by atoms with Crippen LogP contribution in [0, 0.1) is 0 Å². The van der Waals surface area contributed by atoms with Crippen LogP contribution in [-0.4, -0.2) is 36.8 Å². The number of halogens is 3. The second-order valence-corrected chi connectivity index (χ2v) is 9.77. The number of methoxy groups -OCH3 is 1. The first kappa shape index (κ1) is 30.9. The maximum absolute atomic E-state index is 13.1. The Morgan fingerprint density at radius 3 is 2.49 bits per heavy atom. The molecule has 4 rings (SSSR count). The van der Waals surface area contributed by atoms with Gasteiger partial charge in [-0.3, -0.25) is 14.4 Å². The Bertz CT molecular complexity index is 1650. The second kappa shape index (κ2) is 13.8. The first-order valence-corrected chi connectivity index (χ1v) is 13.5. The quantitative estimate of drug-likeness (QED) is 0.167. The number of aromatic amines is 1. The minimum absolute atomic E-state index is 0.0229. The van der Waals surface area contributed by atoms with Gasteiger partial charge in [-0.2, -0.15) is 0 Å². The van der Waals surface area contributed by atoms with Gasteiger partial charge >= 0.3 is 6.36 Å². The van der Waals surface area contributed by atoms with E-state index in [-0.39, 0.29) is 35.7 Å². The number of carbonyl (C=O) groups excluding carboxylic acids is 2. The van der Waals surface area contributed by atoms with Gasteiger partial charge in [0.2, 0.25) is 11.8 Å². The topological polar surface area (TPSA) is 122 Å². The molecule has 3 aromatic carbocycles. The molecule has 226 valence electrons. The van der Waals surface area contributed by atoms with Gasteiger partial charge < -0.3 is 30.4 Å². The third-order valence-corrected chi connectivity index (χ3v) is 6.63. The number of hydrogen-bond acceptors (Lipinski definition) is 6. The van der Waals surface area contributed by atoms with E-state index in [9.17, 15) is 27.6 Å². The first-order valence-electron chi connectivity index (χ1n) is 13.5. The molecule has 0 spiro atoms. The molecule has 0 saturated heterocycles. The third-order valence-electron chi connectivity index (χ3n) is 6.63. The molecule has 2 amide bonds. The SMILES string of the molecule is COc1ccccc1CCCC(=O)Nc1ccc(OC(F)(F)F)c([C@@H](C)NC(=O)CNc2ccc3cc[nH]c(=O)c3c2)c1. The summed E-state index contributed by atoms with van der Waals surface area (Å²) < 4.78 is 48.9. The maximum Gasteiger partial charge on any atom is 0.573 e. The number of aromatic nitrogens is 1. The van der Waals surface area contributed by atoms with Gasteiger partial charge in [-0.15, -0.1) is 13.2 Å². The lowest BCUT2D eigenvalue weighted by Gasteiger charge is -2.20. The van der Waals surface area contributed by atoms with E-state index in [2.05, 4.69) is 25.7 Å². The first-order chi connectivity index (χ1) is 20.5. The molecule has 1 heterocycles. The molecule has 12 heteroatoms. The Morgan fingerprint density at radius 1 is 0.953 bits per heavy atom. The van der Waals surface area contributed by atoms with Crippen molar-refractivity contribution in [3.63, 3.8) is 0 Å². The molecule has 1 atom stereocenters. The number of amides is 2. The molecule has 0 aliphatic carbocycles. The lowest BCUT2D eigenvalue weighted by molar-refractivity contribution is -0.275. The van der Waals surface area contributed by atoms with Crippen molar-refractivity contribution < 1.29 is 32.2 Å². The number of aryl methyl sites for hydroxylation is 1. The van der Waals surface area contributed by atoms with Crippen LogP contribution >= 0.6 is 0 Å². The highest BCUT2D eigenvalue weighted by Crippen LogP contribution is 2.33. The van der Waals surface area contributed by atoms with E-state index in [1.54, 1.807) is 31.4 Å².